The van der Waals surface area contributed by atoms with Crippen molar-refractivity contribution < 1.29 is 41.4 Å². The van der Waals surface area contributed by atoms with Crippen molar-refractivity contribution in [2.45, 2.75) is 31.3 Å². The summed E-state index contributed by atoms with van der Waals surface area (Å²) in [5.41, 5.74) is 1.24. The molecule has 244 valence electrons. The molecule has 4 N–H and O–H groups in total. The SMILES string of the molecule is CS(=O)(=O)N(c1ccncc1)c1cccc(C(=O)N[C@@H](Cc2ccccc2)[C@H](O)CNCc2cccc(C(F)(F)F)c2)c1.O=CO. The molecule has 0 aliphatic heterocycles. The second-order valence-corrected chi connectivity index (χ2v) is 11.9. The summed E-state index contributed by atoms with van der Waals surface area (Å²) < 4.78 is 65.6. The summed E-state index contributed by atoms with van der Waals surface area (Å²) >= 11 is 0. The van der Waals surface area contributed by atoms with Gasteiger partial charge in [-0.3, -0.25) is 14.6 Å². The van der Waals surface area contributed by atoms with Crippen LogP contribution in [0.4, 0.5) is 24.5 Å². The minimum absolute atomic E-state index is 0.0159. The number of aliphatic hydroxyl groups excluding tert-OH is 1. The molecule has 2 atom stereocenters. The van der Waals surface area contributed by atoms with Crippen LogP contribution in [0.3, 0.4) is 0 Å². The molecule has 0 aliphatic carbocycles. The minimum atomic E-state index is -4.46. The summed E-state index contributed by atoms with van der Waals surface area (Å²) in [5, 5.41) is 23.8. The van der Waals surface area contributed by atoms with Crippen molar-refractivity contribution in [3.05, 3.63) is 126 Å². The van der Waals surface area contributed by atoms with Gasteiger partial charge in [0.25, 0.3) is 12.4 Å². The first-order chi connectivity index (χ1) is 21.8. The lowest BCUT2D eigenvalue weighted by molar-refractivity contribution is -0.137. The van der Waals surface area contributed by atoms with Gasteiger partial charge in [0.05, 0.1) is 35.3 Å². The number of sulfonamides is 1. The molecule has 1 aromatic heterocycles. The molecule has 4 aromatic rings. The Kier molecular flexibility index (Phi) is 12.8. The third kappa shape index (κ3) is 10.7. The van der Waals surface area contributed by atoms with Gasteiger partial charge >= 0.3 is 6.18 Å². The number of carbonyl (C=O) groups is 2. The molecule has 4 rings (SSSR count). The zero-order valence-corrected chi connectivity index (χ0v) is 25.4. The van der Waals surface area contributed by atoms with Crippen LogP contribution in [0.5, 0.6) is 0 Å². The Bertz CT molecular complexity index is 1680. The number of aromatic nitrogens is 1. The van der Waals surface area contributed by atoms with E-state index in [-0.39, 0.29) is 37.2 Å². The number of amides is 1. The van der Waals surface area contributed by atoms with Crippen LogP contribution in [0.1, 0.15) is 27.0 Å². The molecule has 0 aliphatic rings. The normalized spacial score (nSPS) is 12.6. The van der Waals surface area contributed by atoms with E-state index in [1.165, 1.54) is 42.7 Å². The molecule has 0 unspecified atom stereocenters. The van der Waals surface area contributed by atoms with Crippen molar-refractivity contribution in [2.24, 2.45) is 0 Å². The number of hydrogen-bond donors (Lipinski definition) is 4. The molecule has 14 heteroatoms. The molecule has 3 aromatic carbocycles. The van der Waals surface area contributed by atoms with E-state index in [4.69, 9.17) is 9.90 Å². The first kappa shape index (κ1) is 35.7. The largest absolute Gasteiger partial charge is 0.483 e. The maximum absolute atomic E-state index is 13.4. The Morgan fingerprint density at radius 3 is 2.20 bits per heavy atom. The predicted octanol–water partition coefficient (Wildman–Crippen LogP) is 4.39. The summed E-state index contributed by atoms with van der Waals surface area (Å²) in [6.07, 6.45) is -1.33. The molecule has 46 heavy (non-hydrogen) atoms. The van der Waals surface area contributed by atoms with Crippen molar-refractivity contribution in [1.82, 2.24) is 15.6 Å². The van der Waals surface area contributed by atoms with E-state index in [2.05, 4.69) is 15.6 Å². The van der Waals surface area contributed by atoms with E-state index >= 15 is 0 Å². The zero-order valence-electron chi connectivity index (χ0n) is 24.6. The number of anilines is 2. The molecule has 0 radical (unpaired) electrons. The second kappa shape index (κ2) is 16.5. The van der Waals surface area contributed by atoms with Gasteiger partial charge in [-0.25, -0.2) is 12.7 Å². The molecule has 0 saturated heterocycles. The third-order valence-electron chi connectivity index (χ3n) is 6.59. The van der Waals surface area contributed by atoms with Crippen molar-refractivity contribution in [2.75, 3.05) is 17.1 Å². The van der Waals surface area contributed by atoms with Crippen LogP contribution in [-0.4, -0.2) is 60.9 Å². The molecule has 0 bridgehead atoms. The van der Waals surface area contributed by atoms with E-state index in [0.717, 1.165) is 28.3 Å². The number of benzene rings is 3. The number of aliphatic hydroxyl groups is 1. The Hall–Kier alpha value is -4.79. The smallest absolute Gasteiger partial charge is 0.416 e. The van der Waals surface area contributed by atoms with E-state index in [1.807, 2.05) is 30.3 Å². The van der Waals surface area contributed by atoms with Crippen molar-refractivity contribution >= 4 is 33.8 Å². The van der Waals surface area contributed by atoms with E-state index in [1.54, 1.807) is 18.2 Å². The number of carbonyl (C=O) groups excluding carboxylic acids is 1. The maximum Gasteiger partial charge on any atom is 0.416 e. The van der Waals surface area contributed by atoms with Crippen molar-refractivity contribution in [3.8, 4) is 0 Å². The number of rotatable bonds is 12. The average molecular weight is 659 g/mol. The first-order valence-electron chi connectivity index (χ1n) is 13.8. The van der Waals surface area contributed by atoms with Gasteiger partial charge in [0.15, 0.2) is 0 Å². The average Bonchev–Trinajstić information content (AvgIpc) is 3.01. The van der Waals surface area contributed by atoms with Crippen LogP contribution in [0.2, 0.25) is 0 Å². The van der Waals surface area contributed by atoms with Gasteiger partial charge in [-0.1, -0.05) is 54.6 Å². The van der Waals surface area contributed by atoms with Crippen LogP contribution < -0.4 is 14.9 Å². The molecular formula is C32H33F3N4O6S. The summed E-state index contributed by atoms with van der Waals surface area (Å²) in [7, 11) is -3.77. The summed E-state index contributed by atoms with van der Waals surface area (Å²) in [5.74, 6) is -0.539. The van der Waals surface area contributed by atoms with Gasteiger partial charge in [0.1, 0.15) is 0 Å². The Morgan fingerprint density at radius 2 is 1.57 bits per heavy atom. The molecule has 0 fully saturated rings. The lowest BCUT2D eigenvalue weighted by atomic mass is 10.00. The van der Waals surface area contributed by atoms with Crippen molar-refractivity contribution in [1.29, 1.82) is 0 Å². The highest BCUT2D eigenvalue weighted by molar-refractivity contribution is 7.92. The van der Waals surface area contributed by atoms with Crippen LogP contribution in [0, 0.1) is 0 Å². The number of halogens is 3. The Morgan fingerprint density at radius 1 is 0.935 bits per heavy atom. The summed E-state index contributed by atoms with van der Waals surface area (Å²) in [6.45, 7) is -0.191. The number of carboxylic acid groups (broad SMARTS) is 1. The van der Waals surface area contributed by atoms with E-state index in [0.29, 0.717) is 11.3 Å². The number of nitrogens with zero attached hydrogens (tertiary/aromatic N) is 2. The number of hydrogen-bond acceptors (Lipinski definition) is 7. The van der Waals surface area contributed by atoms with Crippen LogP contribution in [0.15, 0.2) is 103 Å². The number of pyridine rings is 1. The summed E-state index contributed by atoms with van der Waals surface area (Å²) in [4.78, 5) is 25.7. The highest BCUT2D eigenvalue weighted by atomic mass is 32.2. The third-order valence-corrected chi connectivity index (χ3v) is 7.67. The van der Waals surface area contributed by atoms with Gasteiger partial charge < -0.3 is 20.8 Å². The van der Waals surface area contributed by atoms with Crippen LogP contribution in [0.25, 0.3) is 0 Å². The fourth-order valence-corrected chi connectivity index (χ4v) is 5.55. The molecule has 1 amide bonds. The highest BCUT2D eigenvalue weighted by Crippen LogP contribution is 2.30. The van der Waals surface area contributed by atoms with E-state index < -0.39 is 39.8 Å². The van der Waals surface area contributed by atoms with Crippen molar-refractivity contribution in [3.63, 3.8) is 0 Å². The van der Waals surface area contributed by atoms with Gasteiger partial charge in [0.2, 0.25) is 10.0 Å². The van der Waals surface area contributed by atoms with E-state index in [9.17, 15) is 31.5 Å². The lowest BCUT2D eigenvalue weighted by Gasteiger charge is -2.26. The summed E-state index contributed by atoms with van der Waals surface area (Å²) in [6, 6.07) is 22.5. The standard InChI is InChI=1S/C31H31F3N4O4S.CH2O2/c1-43(41,42)38(26-13-15-35-16-14-26)27-12-6-10-24(19-27)30(40)37-28(18-22-7-3-2-4-8-22)29(39)21-36-20-23-9-5-11-25(17-23)31(32,33)34;2-1-3/h2-17,19,28-29,36,39H,18,20-21H2,1H3,(H,37,40);1H,(H,2,3)/t28-,29+;/m0./s1. The minimum Gasteiger partial charge on any atom is -0.483 e. The highest BCUT2D eigenvalue weighted by Gasteiger charge is 2.30. The fraction of sp³-hybridized carbons (Fsp3) is 0.219. The topological polar surface area (TPSA) is 149 Å². The second-order valence-electron chi connectivity index (χ2n) is 10.1. The Balaban J connectivity index is 0.00000185. The monoisotopic (exact) mass is 658 g/mol. The van der Waals surface area contributed by atoms with Gasteiger partial charge in [-0.2, -0.15) is 13.2 Å². The Labute approximate surface area is 264 Å². The first-order valence-corrected chi connectivity index (χ1v) is 15.7. The van der Waals surface area contributed by atoms with Crippen LogP contribution >= 0.6 is 0 Å². The fourth-order valence-electron chi connectivity index (χ4n) is 4.55. The van der Waals surface area contributed by atoms with Gasteiger partial charge in [-0.05, 0) is 53.9 Å². The zero-order chi connectivity index (χ0) is 33.7. The maximum atomic E-state index is 13.4. The molecule has 1 heterocycles. The van der Waals surface area contributed by atoms with Gasteiger partial charge in [0, 0.05) is 31.0 Å². The molecular weight excluding hydrogens is 625 g/mol. The predicted molar refractivity (Wildman–Crippen MR) is 167 cm³/mol. The van der Waals surface area contributed by atoms with Crippen LogP contribution in [-0.2, 0) is 34.0 Å². The number of alkyl halides is 3. The number of nitrogens with one attached hydrogen (secondary N) is 2. The quantitative estimate of drug-likeness (QED) is 0.164. The molecule has 10 nitrogen and oxygen atoms in total. The molecule has 0 spiro atoms. The molecule has 0 saturated carbocycles. The van der Waals surface area contributed by atoms with Gasteiger partial charge in [-0.15, -0.1) is 0 Å². The lowest BCUT2D eigenvalue weighted by Crippen LogP contribution is -2.48.